The number of benzene rings is 1. The summed E-state index contributed by atoms with van der Waals surface area (Å²) in [5.41, 5.74) is 2.48. The van der Waals surface area contributed by atoms with E-state index in [0.29, 0.717) is 0 Å². The van der Waals surface area contributed by atoms with Crippen LogP contribution in [0.4, 0.5) is 5.69 Å². The first kappa shape index (κ1) is 10.7. The summed E-state index contributed by atoms with van der Waals surface area (Å²) in [7, 11) is 0. The van der Waals surface area contributed by atoms with Crippen LogP contribution >= 0.6 is 0 Å². The molecule has 0 bridgehead atoms. The number of non-ortho nitro benzene ring substituents is 1. The summed E-state index contributed by atoms with van der Waals surface area (Å²) in [4.78, 5) is 21.7. The molecule has 0 atom stereocenters. The van der Waals surface area contributed by atoms with Gasteiger partial charge in [0, 0.05) is 17.7 Å². The van der Waals surface area contributed by atoms with Crippen molar-refractivity contribution in [3.05, 3.63) is 52.6 Å². The smallest absolute Gasteiger partial charge is 0.267 e. The maximum absolute atomic E-state index is 11.7. The third kappa shape index (κ3) is 2.43. The number of hydrogen-bond acceptors (Lipinski definition) is 5. The Labute approximate surface area is 95.0 Å². The highest BCUT2D eigenvalue weighted by molar-refractivity contribution is 6.00. The van der Waals surface area contributed by atoms with E-state index in [0.717, 1.165) is 0 Å². The highest BCUT2D eigenvalue weighted by Crippen LogP contribution is 2.12. The molecule has 0 unspecified atom stereocenters. The number of nitrogens with zero attached hydrogens (tertiary/aromatic N) is 4. The topological polar surface area (TPSA) is 103 Å². The number of nitro benzene ring substituents is 1. The van der Waals surface area contributed by atoms with Gasteiger partial charge in [-0.1, -0.05) is 6.07 Å². The van der Waals surface area contributed by atoms with Gasteiger partial charge in [-0.15, -0.1) is 10.2 Å². The van der Waals surface area contributed by atoms with Crippen LogP contribution in [0, 0.1) is 10.1 Å². The predicted octanol–water partition coefficient (Wildman–Crippen LogP) is 0.570. The van der Waals surface area contributed by atoms with Crippen LogP contribution in [0.2, 0.25) is 0 Å². The summed E-state index contributed by atoms with van der Waals surface area (Å²) in [6, 6.07) is 5.43. The van der Waals surface area contributed by atoms with Crippen molar-refractivity contribution in [1.82, 2.24) is 14.9 Å². The van der Waals surface area contributed by atoms with Gasteiger partial charge < -0.3 is 0 Å². The van der Waals surface area contributed by atoms with Gasteiger partial charge in [-0.2, -0.15) is 0 Å². The first-order valence-corrected chi connectivity index (χ1v) is 4.57. The Hall–Kier alpha value is -2.77. The highest BCUT2D eigenvalue weighted by atomic mass is 16.6. The molecule has 1 N–H and O–H groups in total. The Morgan fingerprint density at radius 1 is 1.35 bits per heavy atom. The molecule has 1 aromatic carbocycles. The van der Waals surface area contributed by atoms with Gasteiger partial charge in [0.25, 0.3) is 11.6 Å². The monoisotopic (exact) mass is 233 g/mol. The number of carbonyl (C=O) groups is 1. The van der Waals surface area contributed by atoms with Crippen LogP contribution in [0.15, 0.2) is 36.9 Å². The third-order valence-electron chi connectivity index (χ3n) is 1.97. The van der Waals surface area contributed by atoms with Gasteiger partial charge >= 0.3 is 0 Å². The molecule has 17 heavy (non-hydrogen) atoms. The summed E-state index contributed by atoms with van der Waals surface area (Å²) in [6.07, 6.45) is 2.60. The Balaban J connectivity index is 2.19. The van der Waals surface area contributed by atoms with E-state index in [1.54, 1.807) is 0 Å². The number of rotatable bonds is 3. The van der Waals surface area contributed by atoms with Crippen molar-refractivity contribution in [3.63, 3.8) is 0 Å². The van der Waals surface area contributed by atoms with Crippen molar-refractivity contribution < 1.29 is 9.72 Å². The van der Waals surface area contributed by atoms with Crippen LogP contribution in [0.3, 0.4) is 0 Å². The Morgan fingerprint density at radius 2 is 2.06 bits per heavy atom. The molecule has 2 aromatic rings. The zero-order valence-electron chi connectivity index (χ0n) is 8.48. The lowest BCUT2D eigenvalue weighted by atomic mass is 10.2. The Bertz CT molecular complexity index is 552. The lowest BCUT2D eigenvalue weighted by Crippen LogP contribution is -2.21. The molecular weight excluding hydrogens is 226 g/mol. The molecule has 0 saturated heterocycles. The van der Waals surface area contributed by atoms with Gasteiger partial charge in [0.1, 0.15) is 12.7 Å². The minimum Gasteiger partial charge on any atom is -0.267 e. The van der Waals surface area contributed by atoms with E-state index in [1.165, 1.54) is 41.6 Å². The fourth-order valence-corrected chi connectivity index (χ4v) is 1.20. The summed E-state index contributed by atoms with van der Waals surface area (Å²) in [5.74, 6) is -0.478. The normalized spacial score (nSPS) is 9.88. The Morgan fingerprint density at radius 3 is 2.71 bits per heavy atom. The molecule has 0 fully saturated rings. The fourth-order valence-electron chi connectivity index (χ4n) is 1.20. The van der Waals surface area contributed by atoms with Crippen molar-refractivity contribution >= 4 is 11.6 Å². The van der Waals surface area contributed by atoms with Crippen molar-refractivity contribution in [2.45, 2.75) is 0 Å². The number of nitro groups is 1. The van der Waals surface area contributed by atoms with Gasteiger partial charge in [0.05, 0.1) is 4.92 Å². The van der Waals surface area contributed by atoms with Crippen molar-refractivity contribution in [1.29, 1.82) is 0 Å². The quantitative estimate of drug-likeness (QED) is 0.616. The number of carbonyl (C=O) groups excluding carboxylic acids is 1. The molecule has 0 aliphatic carbocycles. The fraction of sp³-hybridized carbons (Fsp3) is 0. The zero-order valence-corrected chi connectivity index (χ0v) is 8.48. The highest BCUT2D eigenvalue weighted by Gasteiger charge is 2.11. The van der Waals surface area contributed by atoms with Crippen molar-refractivity contribution in [2.24, 2.45) is 0 Å². The van der Waals surface area contributed by atoms with Crippen LogP contribution < -0.4 is 5.43 Å². The van der Waals surface area contributed by atoms with Gasteiger partial charge in [-0.3, -0.25) is 20.3 Å². The van der Waals surface area contributed by atoms with Gasteiger partial charge in [0.2, 0.25) is 0 Å². The van der Waals surface area contributed by atoms with E-state index < -0.39 is 10.8 Å². The summed E-state index contributed by atoms with van der Waals surface area (Å²) >= 11 is 0. The molecule has 0 aliphatic rings. The average molecular weight is 233 g/mol. The molecule has 1 amide bonds. The lowest BCUT2D eigenvalue weighted by molar-refractivity contribution is -0.384. The SMILES string of the molecule is O=C(Nn1cnnc1)c1cccc([N+](=O)[O-])c1. The van der Waals surface area contributed by atoms with Gasteiger partial charge in [-0.05, 0) is 6.07 Å². The zero-order chi connectivity index (χ0) is 12.3. The van der Waals surface area contributed by atoms with Gasteiger partial charge in [-0.25, -0.2) is 4.68 Å². The van der Waals surface area contributed by atoms with E-state index in [2.05, 4.69) is 15.6 Å². The summed E-state index contributed by atoms with van der Waals surface area (Å²) < 4.78 is 1.25. The van der Waals surface area contributed by atoms with Crippen LogP contribution in [-0.4, -0.2) is 25.7 Å². The maximum Gasteiger partial charge on any atom is 0.270 e. The Kier molecular flexibility index (Phi) is 2.77. The largest absolute Gasteiger partial charge is 0.270 e. The third-order valence-corrected chi connectivity index (χ3v) is 1.97. The number of aromatic nitrogens is 3. The second-order valence-electron chi connectivity index (χ2n) is 3.12. The van der Waals surface area contributed by atoms with Gasteiger partial charge in [0.15, 0.2) is 0 Å². The van der Waals surface area contributed by atoms with E-state index in [4.69, 9.17) is 0 Å². The van der Waals surface area contributed by atoms with E-state index >= 15 is 0 Å². The maximum atomic E-state index is 11.7. The van der Waals surface area contributed by atoms with Crippen LogP contribution in [0.25, 0.3) is 0 Å². The summed E-state index contributed by atoms with van der Waals surface area (Å²) in [6.45, 7) is 0. The van der Waals surface area contributed by atoms with Crippen LogP contribution in [0.1, 0.15) is 10.4 Å². The van der Waals surface area contributed by atoms with E-state index in [-0.39, 0.29) is 11.3 Å². The van der Waals surface area contributed by atoms with Crippen molar-refractivity contribution in [3.8, 4) is 0 Å². The molecule has 8 nitrogen and oxygen atoms in total. The van der Waals surface area contributed by atoms with E-state index in [1.807, 2.05) is 0 Å². The average Bonchev–Trinajstić information content (AvgIpc) is 2.82. The molecule has 8 heteroatoms. The molecule has 2 rings (SSSR count). The van der Waals surface area contributed by atoms with Crippen LogP contribution in [0.5, 0.6) is 0 Å². The second-order valence-corrected chi connectivity index (χ2v) is 3.12. The molecule has 1 heterocycles. The molecule has 0 saturated carbocycles. The molecule has 0 aliphatic heterocycles. The first-order chi connectivity index (χ1) is 8.16. The number of hydrogen-bond donors (Lipinski definition) is 1. The minimum absolute atomic E-state index is 0.138. The number of amides is 1. The van der Waals surface area contributed by atoms with E-state index in [9.17, 15) is 14.9 Å². The van der Waals surface area contributed by atoms with Crippen molar-refractivity contribution in [2.75, 3.05) is 5.43 Å². The molecule has 0 radical (unpaired) electrons. The predicted molar refractivity (Wildman–Crippen MR) is 56.8 cm³/mol. The molecule has 0 spiro atoms. The molecule has 1 aromatic heterocycles. The lowest BCUT2D eigenvalue weighted by Gasteiger charge is -2.03. The second kappa shape index (κ2) is 4.39. The number of nitrogens with one attached hydrogen (secondary N) is 1. The minimum atomic E-state index is -0.560. The first-order valence-electron chi connectivity index (χ1n) is 4.57. The molecular formula is C9H7N5O3. The summed E-state index contributed by atoms with van der Waals surface area (Å²) in [5, 5.41) is 17.6. The standard InChI is InChI=1S/C9H7N5O3/c15-9(12-13-5-10-11-6-13)7-2-1-3-8(4-7)14(16)17/h1-6H,(H,12,15). The van der Waals surface area contributed by atoms with Crippen LogP contribution in [-0.2, 0) is 0 Å². The molecule has 86 valence electrons.